The van der Waals surface area contributed by atoms with Gasteiger partial charge in [-0.2, -0.15) is 0 Å². The topological polar surface area (TPSA) is 79.4 Å². The summed E-state index contributed by atoms with van der Waals surface area (Å²) in [6.45, 7) is 0. The minimum Gasteiger partial charge on any atom is -0.508 e. The third kappa shape index (κ3) is 2.50. The van der Waals surface area contributed by atoms with Crippen LogP contribution in [0.3, 0.4) is 0 Å². The number of aromatic amines is 1. The summed E-state index contributed by atoms with van der Waals surface area (Å²) in [5.74, 6) is -0.265. The average molecular weight is 345 g/mol. The number of methoxy groups -OCH3 is 1. The number of aromatic hydroxyl groups is 1. The fourth-order valence-corrected chi connectivity index (χ4v) is 3.22. The van der Waals surface area contributed by atoms with Crippen LogP contribution in [0.4, 0.5) is 0 Å². The van der Waals surface area contributed by atoms with Gasteiger partial charge < -0.3 is 14.8 Å². The van der Waals surface area contributed by atoms with E-state index in [1.807, 2.05) is 18.2 Å². The summed E-state index contributed by atoms with van der Waals surface area (Å²) in [5.41, 5.74) is 1.97. The molecule has 0 radical (unpaired) electrons. The lowest BCUT2D eigenvalue weighted by Gasteiger charge is -2.11. The third-order valence-electron chi connectivity index (χ3n) is 4.48. The second-order valence-electron chi connectivity index (χ2n) is 5.99. The molecule has 0 unspecified atom stereocenters. The summed E-state index contributed by atoms with van der Waals surface area (Å²) in [5, 5.41) is 12.0. The molecule has 0 aliphatic carbocycles. The lowest BCUT2D eigenvalue weighted by Crippen LogP contribution is -2.08. The molecule has 0 fully saturated rings. The molecule has 0 bridgehead atoms. The maximum Gasteiger partial charge on any atom is 0.338 e. The van der Waals surface area contributed by atoms with Crippen molar-refractivity contribution in [2.75, 3.05) is 7.11 Å². The van der Waals surface area contributed by atoms with E-state index >= 15 is 0 Å². The van der Waals surface area contributed by atoms with Crippen molar-refractivity contribution in [2.45, 2.75) is 0 Å². The van der Waals surface area contributed by atoms with Crippen molar-refractivity contribution in [1.29, 1.82) is 0 Å². The molecule has 0 amide bonds. The first-order valence-electron chi connectivity index (χ1n) is 8.04. The molecule has 0 atom stereocenters. The van der Waals surface area contributed by atoms with Crippen LogP contribution in [0.25, 0.3) is 32.7 Å². The molecule has 4 aromatic rings. The van der Waals surface area contributed by atoms with E-state index < -0.39 is 5.97 Å². The van der Waals surface area contributed by atoms with E-state index in [4.69, 9.17) is 4.74 Å². The molecule has 1 aromatic heterocycles. The first-order valence-corrected chi connectivity index (χ1v) is 8.04. The normalized spacial score (nSPS) is 11.0. The smallest absolute Gasteiger partial charge is 0.338 e. The van der Waals surface area contributed by atoms with Crippen LogP contribution in [0, 0.1) is 0 Å². The van der Waals surface area contributed by atoms with Crippen LogP contribution in [0.5, 0.6) is 5.75 Å². The van der Waals surface area contributed by atoms with Crippen LogP contribution in [0.2, 0.25) is 0 Å². The van der Waals surface area contributed by atoms with Crippen LogP contribution in [0.1, 0.15) is 10.4 Å². The number of rotatable bonds is 2. The van der Waals surface area contributed by atoms with Gasteiger partial charge in [0.1, 0.15) is 5.75 Å². The number of phenols is 1. The molecule has 4 rings (SSSR count). The quantitative estimate of drug-likeness (QED) is 0.427. The molecule has 0 saturated carbocycles. The maximum absolute atomic E-state index is 12.4. The second-order valence-corrected chi connectivity index (χ2v) is 5.99. The number of carbonyl (C=O) groups is 1. The highest BCUT2D eigenvalue weighted by Gasteiger charge is 2.16. The van der Waals surface area contributed by atoms with Gasteiger partial charge in [0, 0.05) is 6.20 Å². The fourth-order valence-electron chi connectivity index (χ4n) is 3.22. The number of fused-ring (bicyclic) bond motifs is 3. The Labute approximate surface area is 148 Å². The van der Waals surface area contributed by atoms with Gasteiger partial charge in [-0.15, -0.1) is 0 Å². The van der Waals surface area contributed by atoms with Gasteiger partial charge in [-0.3, -0.25) is 4.79 Å². The van der Waals surface area contributed by atoms with E-state index in [0.29, 0.717) is 27.1 Å². The van der Waals surface area contributed by atoms with E-state index in [2.05, 4.69) is 4.98 Å². The fraction of sp³-hybridized carbons (Fsp3) is 0.0476. The van der Waals surface area contributed by atoms with Crippen molar-refractivity contribution < 1.29 is 14.6 Å². The Balaban J connectivity index is 2.10. The first-order chi connectivity index (χ1) is 12.6. The van der Waals surface area contributed by atoms with Crippen molar-refractivity contribution >= 4 is 27.5 Å². The number of esters is 1. The zero-order valence-electron chi connectivity index (χ0n) is 13.9. The van der Waals surface area contributed by atoms with E-state index in [1.165, 1.54) is 7.11 Å². The van der Waals surface area contributed by atoms with Gasteiger partial charge in [-0.25, -0.2) is 4.79 Å². The van der Waals surface area contributed by atoms with Gasteiger partial charge in [0.15, 0.2) is 0 Å². The maximum atomic E-state index is 12.4. The number of benzene rings is 3. The molecule has 5 heteroatoms. The third-order valence-corrected chi connectivity index (χ3v) is 4.48. The average Bonchev–Trinajstić information content (AvgIpc) is 2.67. The van der Waals surface area contributed by atoms with Gasteiger partial charge in [0.05, 0.1) is 18.1 Å². The Kier molecular flexibility index (Phi) is 3.69. The first kappa shape index (κ1) is 15.9. The molecule has 1 heterocycles. The summed E-state index contributed by atoms with van der Waals surface area (Å²) >= 11 is 0. The highest BCUT2D eigenvalue weighted by atomic mass is 16.5. The molecule has 3 aromatic carbocycles. The number of pyridine rings is 1. The number of ether oxygens (including phenoxy) is 1. The Bertz CT molecular complexity index is 1210. The summed E-state index contributed by atoms with van der Waals surface area (Å²) in [6.07, 6.45) is 1.56. The van der Waals surface area contributed by atoms with Crippen molar-refractivity contribution in [2.24, 2.45) is 0 Å². The number of carbonyl (C=O) groups excluding carboxylic acids is 1. The molecule has 2 N–H and O–H groups in total. The molecule has 26 heavy (non-hydrogen) atoms. The van der Waals surface area contributed by atoms with Crippen LogP contribution in [-0.2, 0) is 4.74 Å². The predicted octanol–water partition coefficient (Wildman–Crippen LogP) is 3.84. The van der Waals surface area contributed by atoms with Gasteiger partial charge in [0.2, 0.25) is 0 Å². The molecule has 0 aliphatic rings. The van der Waals surface area contributed by atoms with Gasteiger partial charge in [-0.05, 0) is 57.6 Å². The van der Waals surface area contributed by atoms with E-state index in [1.54, 1.807) is 42.6 Å². The van der Waals surface area contributed by atoms with Crippen molar-refractivity contribution in [3.63, 3.8) is 0 Å². The Morgan fingerprint density at radius 1 is 0.962 bits per heavy atom. The zero-order valence-corrected chi connectivity index (χ0v) is 13.9. The minimum absolute atomic E-state index is 0.185. The molecular weight excluding hydrogens is 330 g/mol. The highest BCUT2D eigenvalue weighted by Crippen LogP contribution is 2.31. The molecular formula is C21H15NO4. The van der Waals surface area contributed by atoms with E-state index in [-0.39, 0.29) is 11.3 Å². The van der Waals surface area contributed by atoms with E-state index in [0.717, 1.165) is 11.1 Å². The van der Waals surface area contributed by atoms with Crippen LogP contribution >= 0.6 is 0 Å². The molecule has 0 aliphatic heterocycles. The van der Waals surface area contributed by atoms with Gasteiger partial charge in [0.25, 0.3) is 5.56 Å². The number of aromatic nitrogens is 1. The minimum atomic E-state index is -0.449. The van der Waals surface area contributed by atoms with Crippen LogP contribution in [0.15, 0.2) is 65.6 Å². The van der Waals surface area contributed by atoms with Crippen LogP contribution in [-0.4, -0.2) is 23.2 Å². The molecule has 5 nitrogen and oxygen atoms in total. The lowest BCUT2D eigenvalue weighted by molar-refractivity contribution is 0.0603. The monoisotopic (exact) mass is 345 g/mol. The Hall–Kier alpha value is -3.60. The van der Waals surface area contributed by atoms with Gasteiger partial charge >= 0.3 is 5.97 Å². The largest absolute Gasteiger partial charge is 0.508 e. The number of nitrogens with one attached hydrogen (secondary N) is 1. The number of hydrogen-bond acceptors (Lipinski definition) is 4. The highest BCUT2D eigenvalue weighted by molar-refractivity contribution is 6.16. The number of hydrogen-bond donors (Lipinski definition) is 2. The summed E-state index contributed by atoms with van der Waals surface area (Å²) < 4.78 is 4.90. The second kappa shape index (κ2) is 6.04. The molecule has 128 valence electrons. The zero-order chi connectivity index (χ0) is 18.3. The van der Waals surface area contributed by atoms with Crippen molar-refractivity contribution in [1.82, 2.24) is 4.98 Å². The summed E-state index contributed by atoms with van der Waals surface area (Å²) in [7, 11) is 1.33. The SMILES string of the molecule is COC(=O)c1cc2cc[nH]c(=O)c2c2cc(-c3ccc(O)cc3)ccc12. The Morgan fingerprint density at radius 2 is 1.69 bits per heavy atom. The van der Waals surface area contributed by atoms with Crippen molar-refractivity contribution in [3.05, 3.63) is 76.7 Å². The Morgan fingerprint density at radius 3 is 2.42 bits per heavy atom. The van der Waals surface area contributed by atoms with Crippen LogP contribution < -0.4 is 5.56 Å². The van der Waals surface area contributed by atoms with Crippen molar-refractivity contribution in [3.8, 4) is 16.9 Å². The predicted molar refractivity (Wildman–Crippen MR) is 101 cm³/mol. The summed E-state index contributed by atoms with van der Waals surface area (Å²) in [4.78, 5) is 27.3. The molecule has 0 spiro atoms. The number of phenolic OH excluding ortho intramolecular Hbond substituents is 1. The summed E-state index contributed by atoms with van der Waals surface area (Å²) in [6, 6.07) is 15.8. The molecule has 0 saturated heterocycles. The number of H-pyrrole nitrogens is 1. The standard InChI is InChI=1S/C21H15NO4/c1-26-21(25)18-11-14-8-9-22-20(24)19(14)17-10-13(4-7-16(17)18)12-2-5-15(23)6-3-12/h2-11,23H,1H3,(H,22,24). The lowest BCUT2D eigenvalue weighted by atomic mass is 9.94. The van der Waals surface area contributed by atoms with Gasteiger partial charge in [-0.1, -0.05) is 24.3 Å². The van der Waals surface area contributed by atoms with E-state index in [9.17, 15) is 14.7 Å².